The summed E-state index contributed by atoms with van der Waals surface area (Å²) in [6.07, 6.45) is 7.94. The van der Waals surface area contributed by atoms with Crippen LogP contribution in [0.3, 0.4) is 0 Å². The summed E-state index contributed by atoms with van der Waals surface area (Å²) in [4.78, 5) is 0. The van der Waals surface area contributed by atoms with Gasteiger partial charge in [0, 0.05) is 11.7 Å². The van der Waals surface area contributed by atoms with Crippen molar-refractivity contribution in [3.63, 3.8) is 0 Å². The van der Waals surface area contributed by atoms with Crippen molar-refractivity contribution >= 4 is 54.4 Å². The summed E-state index contributed by atoms with van der Waals surface area (Å²) in [6, 6.07) is 57.6. The molecule has 47 heavy (non-hydrogen) atoms. The van der Waals surface area contributed by atoms with Crippen LogP contribution in [0, 0.1) is 0 Å². The molecule has 222 valence electrons. The Labute approximate surface area is 275 Å². The summed E-state index contributed by atoms with van der Waals surface area (Å²) in [7, 11) is 0. The number of hydrogen-bond donors (Lipinski definition) is 1. The fourth-order valence-electron chi connectivity index (χ4n) is 7.36. The summed E-state index contributed by atoms with van der Waals surface area (Å²) in [5.74, 6) is 0. The Kier molecular flexibility index (Phi) is 6.68. The van der Waals surface area contributed by atoms with Crippen LogP contribution in [-0.4, -0.2) is 6.04 Å². The van der Waals surface area contributed by atoms with Gasteiger partial charge in [0.15, 0.2) is 0 Å². The molecule has 1 atom stereocenters. The molecule has 8 aromatic rings. The van der Waals surface area contributed by atoms with Gasteiger partial charge in [-0.2, -0.15) is 0 Å². The molecule has 0 aliphatic heterocycles. The van der Waals surface area contributed by atoms with Crippen molar-refractivity contribution in [1.82, 2.24) is 0 Å². The molecule has 1 unspecified atom stereocenters. The Bertz CT molecular complexity index is 2390. The van der Waals surface area contributed by atoms with E-state index in [-0.39, 0.29) is 6.04 Å². The fourth-order valence-corrected chi connectivity index (χ4v) is 7.36. The minimum absolute atomic E-state index is 0.251. The van der Waals surface area contributed by atoms with Crippen molar-refractivity contribution in [3.8, 4) is 22.3 Å². The number of anilines is 1. The Morgan fingerprint density at radius 2 is 0.851 bits per heavy atom. The van der Waals surface area contributed by atoms with E-state index >= 15 is 0 Å². The van der Waals surface area contributed by atoms with Crippen LogP contribution in [0.25, 0.3) is 70.9 Å². The first kappa shape index (κ1) is 27.4. The Hall–Kier alpha value is -5.92. The maximum atomic E-state index is 3.74. The second-order valence-corrected chi connectivity index (χ2v) is 12.5. The molecule has 0 spiro atoms. The highest BCUT2D eigenvalue weighted by molar-refractivity contribution is 6.13. The van der Waals surface area contributed by atoms with Gasteiger partial charge >= 0.3 is 0 Å². The van der Waals surface area contributed by atoms with Gasteiger partial charge in [-0.05, 0) is 107 Å². The average Bonchev–Trinajstić information content (AvgIpc) is 3.14. The molecule has 0 bridgehead atoms. The van der Waals surface area contributed by atoms with Gasteiger partial charge in [-0.1, -0.05) is 152 Å². The minimum Gasteiger partial charge on any atom is -0.379 e. The lowest BCUT2D eigenvalue weighted by Crippen LogP contribution is -2.17. The lowest BCUT2D eigenvalue weighted by Gasteiger charge is -2.21. The molecule has 1 aliphatic carbocycles. The maximum absolute atomic E-state index is 3.74. The lowest BCUT2D eigenvalue weighted by atomic mass is 9.89. The maximum Gasteiger partial charge on any atom is 0.0482 e. The molecule has 0 amide bonds. The van der Waals surface area contributed by atoms with Crippen molar-refractivity contribution in [2.45, 2.75) is 12.5 Å². The monoisotopic (exact) mass is 599 g/mol. The van der Waals surface area contributed by atoms with Gasteiger partial charge in [0.05, 0.1) is 0 Å². The van der Waals surface area contributed by atoms with E-state index in [1.165, 1.54) is 76.5 Å². The zero-order chi connectivity index (χ0) is 31.2. The number of benzene rings is 8. The topological polar surface area (TPSA) is 12.0 Å². The molecular weight excluding hydrogens is 567 g/mol. The standard InChI is InChI=1S/C46H33N/c1-5-13-41-35(9-1)29-36-10-2-6-14-42(36)45(41)33-19-17-31(18-20-33)32-21-25-39(26-22-32)47-40-27-23-34(24-28-40)46-43-15-7-3-11-37(43)30-38-12-4-8-16-44(38)46/h1-27,29-30,40,47H,28H2. The van der Waals surface area contributed by atoms with Gasteiger partial charge in [-0.25, -0.2) is 0 Å². The van der Waals surface area contributed by atoms with Crippen LogP contribution < -0.4 is 5.32 Å². The van der Waals surface area contributed by atoms with E-state index in [4.69, 9.17) is 0 Å². The van der Waals surface area contributed by atoms with Crippen LogP contribution >= 0.6 is 0 Å². The molecule has 0 radical (unpaired) electrons. The predicted molar refractivity (Wildman–Crippen MR) is 203 cm³/mol. The van der Waals surface area contributed by atoms with Crippen molar-refractivity contribution in [1.29, 1.82) is 0 Å². The van der Waals surface area contributed by atoms with E-state index in [1.807, 2.05) is 0 Å². The van der Waals surface area contributed by atoms with Crippen LogP contribution in [0.5, 0.6) is 0 Å². The van der Waals surface area contributed by atoms with Crippen molar-refractivity contribution < 1.29 is 0 Å². The van der Waals surface area contributed by atoms with E-state index in [0.29, 0.717) is 0 Å². The molecule has 0 fully saturated rings. The van der Waals surface area contributed by atoms with Crippen LogP contribution in [-0.2, 0) is 0 Å². The first-order chi connectivity index (χ1) is 23.3. The number of hydrogen-bond acceptors (Lipinski definition) is 1. The van der Waals surface area contributed by atoms with Gasteiger partial charge in [-0.15, -0.1) is 0 Å². The van der Waals surface area contributed by atoms with E-state index in [9.17, 15) is 0 Å². The Morgan fingerprint density at radius 3 is 1.32 bits per heavy atom. The number of rotatable bonds is 5. The third-order valence-electron chi connectivity index (χ3n) is 9.67. The highest BCUT2D eigenvalue weighted by Gasteiger charge is 2.15. The molecule has 1 aliphatic rings. The molecule has 1 nitrogen and oxygen atoms in total. The van der Waals surface area contributed by atoms with Gasteiger partial charge in [0.25, 0.3) is 0 Å². The average molecular weight is 600 g/mol. The smallest absolute Gasteiger partial charge is 0.0482 e. The summed E-state index contributed by atoms with van der Waals surface area (Å²) in [6.45, 7) is 0. The van der Waals surface area contributed by atoms with Gasteiger partial charge in [-0.3, -0.25) is 0 Å². The molecule has 1 N–H and O–H groups in total. The first-order valence-corrected chi connectivity index (χ1v) is 16.5. The van der Waals surface area contributed by atoms with E-state index in [1.54, 1.807) is 0 Å². The largest absolute Gasteiger partial charge is 0.379 e. The number of nitrogens with one attached hydrogen (secondary N) is 1. The molecule has 0 saturated heterocycles. The number of allylic oxidation sites excluding steroid dienone is 2. The zero-order valence-electron chi connectivity index (χ0n) is 26.0. The van der Waals surface area contributed by atoms with Crippen LogP contribution in [0.1, 0.15) is 12.0 Å². The van der Waals surface area contributed by atoms with E-state index < -0.39 is 0 Å². The summed E-state index contributed by atoms with van der Waals surface area (Å²) < 4.78 is 0. The second-order valence-electron chi connectivity index (χ2n) is 12.5. The normalized spacial score (nSPS) is 14.6. The predicted octanol–water partition coefficient (Wildman–Crippen LogP) is 12.5. The molecule has 8 aromatic carbocycles. The van der Waals surface area contributed by atoms with Crippen molar-refractivity contribution in [2.75, 3.05) is 5.32 Å². The molecule has 0 heterocycles. The van der Waals surface area contributed by atoms with Crippen LogP contribution in [0.4, 0.5) is 5.69 Å². The molecule has 0 saturated carbocycles. The van der Waals surface area contributed by atoms with Gasteiger partial charge in [0.2, 0.25) is 0 Å². The Balaban J connectivity index is 0.944. The summed E-state index contributed by atoms with van der Waals surface area (Å²) >= 11 is 0. The third-order valence-corrected chi connectivity index (χ3v) is 9.67. The molecule has 9 rings (SSSR count). The molecular formula is C46H33N. The van der Waals surface area contributed by atoms with Crippen molar-refractivity contribution in [3.05, 3.63) is 182 Å². The molecule has 1 heteroatoms. The summed E-state index contributed by atoms with van der Waals surface area (Å²) in [5.41, 5.74) is 8.74. The van der Waals surface area contributed by atoms with Gasteiger partial charge in [0.1, 0.15) is 0 Å². The second kappa shape index (κ2) is 11.5. The zero-order valence-corrected chi connectivity index (χ0v) is 26.0. The lowest BCUT2D eigenvalue weighted by molar-refractivity contribution is 0.886. The highest BCUT2D eigenvalue weighted by Crippen LogP contribution is 2.38. The SMILES string of the molecule is C1=CC(Nc2ccc(-c3ccc(-c4c5ccccc5cc5ccccc45)cc3)cc2)CC=C1c1c2ccccc2cc2ccccc12. The van der Waals surface area contributed by atoms with Gasteiger partial charge < -0.3 is 5.32 Å². The summed E-state index contributed by atoms with van der Waals surface area (Å²) in [5, 5.41) is 14.1. The minimum atomic E-state index is 0.251. The van der Waals surface area contributed by atoms with E-state index in [2.05, 4.69) is 181 Å². The quantitative estimate of drug-likeness (QED) is 0.194. The highest BCUT2D eigenvalue weighted by atomic mass is 14.9. The van der Waals surface area contributed by atoms with Crippen molar-refractivity contribution in [2.24, 2.45) is 0 Å². The number of fused-ring (bicyclic) bond motifs is 4. The fraction of sp³-hybridized carbons (Fsp3) is 0.0435. The van der Waals surface area contributed by atoms with E-state index in [0.717, 1.165) is 12.1 Å². The van der Waals surface area contributed by atoms with Crippen LogP contribution in [0.15, 0.2) is 176 Å². The Morgan fingerprint density at radius 1 is 0.426 bits per heavy atom. The first-order valence-electron chi connectivity index (χ1n) is 16.5. The third kappa shape index (κ3) is 4.98. The van der Waals surface area contributed by atoms with Crippen LogP contribution in [0.2, 0.25) is 0 Å². The molecule has 0 aromatic heterocycles.